The highest BCUT2D eigenvalue weighted by molar-refractivity contribution is 5.69. The third-order valence-electron chi connectivity index (χ3n) is 4.74. The smallest absolute Gasteiger partial charge is 0.278 e. The quantitative estimate of drug-likeness (QED) is 0.711. The van der Waals surface area contributed by atoms with Gasteiger partial charge in [0, 0.05) is 12.6 Å². The zero-order valence-corrected chi connectivity index (χ0v) is 15.2. The Hall–Kier alpha value is -2.27. The molecule has 0 saturated carbocycles. The van der Waals surface area contributed by atoms with Crippen LogP contribution >= 0.6 is 0 Å². The number of aryl methyl sites for hydroxylation is 1. The molecule has 1 unspecified atom stereocenters. The molecule has 26 heavy (non-hydrogen) atoms. The highest BCUT2D eigenvalue weighted by Crippen LogP contribution is 2.29. The number of alkyl halides is 2. The van der Waals surface area contributed by atoms with Crippen LogP contribution in [0.5, 0.6) is 5.75 Å². The Kier molecular flexibility index (Phi) is 5.37. The number of aliphatic imine (C=N–C) groups is 1. The van der Waals surface area contributed by atoms with Crippen LogP contribution in [0.4, 0.5) is 8.78 Å². The first kappa shape index (κ1) is 18.5. The van der Waals surface area contributed by atoms with Crippen molar-refractivity contribution in [2.45, 2.75) is 45.4 Å². The van der Waals surface area contributed by atoms with Crippen LogP contribution in [0.15, 0.2) is 47.5 Å². The van der Waals surface area contributed by atoms with Gasteiger partial charge in [0.25, 0.3) is 5.92 Å². The molecule has 0 fully saturated rings. The maximum Gasteiger partial charge on any atom is 0.278 e. The van der Waals surface area contributed by atoms with E-state index in [2.05, 4.69) is 31.0 Å². The van der Waals surface area contributed by atoms with E-state index in [0.29, 0.717) is 5.75 Å². The lowest BCUT2D eigenvalue weighted by molar-refractivity contribution is -0.122. The molecule has 2 atom stereocenters. The third kappa shape index (κ3) is 3.93. The van der Waals surface area contributed by atoms with Crippen LogP contribution in [-0.4, -0.2) is 31.1 Å². The van der Waals surface area contributed by atoms with Crippen LogP contribution in [0.1, 0.15) is 24.5 Å². The van der Waals surface area contributed by atoms with Gasteiger partial charge in [-0.15, -0.1) is 0 Å². The van der Waals surface area contributed by atoms with Crippen LogP contribution in [0.3, 0.4) is 0 Å². The van der Waals surface area contributed by atoms with Gasteiger partial charge in [-0.3, -0.25) is 4.99 Å². The Labute approximate surface area is 152 Å². The molecule has 1 heterocycles. The second-order valence-electron chi connectivity index (χ2n) is 6.51. The molecule has 2 aromatic carbocycles. The Morgan fingerprint density at radius 1 is 1.12 bits per heavy atom. The van der Waals surface area contributed by atoms with E-state index in [1.165, 1.54) is 29.8 Å². The summed E-state index contributed by atoms with van der Waals surface area (Å²) in [4.78, 5) is 3.98. The fourth-order valence-electron chi connectivity index (χ4n) is 2.87. The van der Waals surface area contributed by atoms with E-state index >= 15 is 0 Å². The van der Waals surface area contributed by atoms with Gasteiger partial charge in [0.05, 0.1) is 0 Å². The van der Waals surface area contributed by atoms with Crippen molar-refractivity contribution in [3.8, 4) is 16.9 Å². The van der Waals surface area contributed by atoms with E-state index in [4.69, 9.17) is 9.47 Å². The summed E-state index contributed by atoms with van der Waals surface area (Å²) in [5, 5.41) is 0. The van der Waals surface area contributed by atoms with E-state index < -0.39 is 18.3 Å². The maximum atomic E-state index is 13.6. The lowest BCUT2D eigenvalue weighted by atomic mass is 9.97. The van der Waals surface area contributed by atoms with Gasteiger partial charge in [-0.2, -0.15) is 0 Å². The monoisotopic (exact) mass is 359 g/mol. The highest BCUT2D eigenvalue weighted by Gasteiger charge is 2.41. The van der Waals surface area contributed by atoms with Crippen molar-refractivity contribution in [2.75, 3.05) is 6.61 Å². The molecule has 0 radical (unpaired) electrons. The van der Waals surface area contributed by atoms with Gasteiger partial charge in [0.15, 0.2) is 12.3 Å². The van der Waals surface area contributed by atoms with E-state index in [1.54, 1.807) is 0 Å². The molecular formula is C21H23F2NO2. The van der Waals surface area contributed by atoms with Crippen LogP contribution in [-0.2, 0) is 4.74 Å². The molecule has 0 bridgehead atoms. The summed E-state index contributed by atoms with van der Waals surface area (Å²) in [6.07, 6.45) is -1.07. The Balaban J connectivity index is 1.59. The minimum atomic E-state index is -2.90. The predicted octanol–water partition coefficient (Wildman–Crippen LogP) is 5.19. The zero-order chi connectivity index (χ0) is 18.7. The van der Waals surface area contributed by atoms with Crippen molar-refractivity contribution < 1.29 is 18.3 Å². The van der Waals surface area contributed by atoms with Gasteiger partial charge in [0.2, 0.25) is 0 Å². The third-order valence-corrected chi connectivity index (χ3v) is 4.74. The van der Waals surface area contributed by atoms with Crippen molar-refractivity contribution in [3.05, 3.63) is 53.6 Å². The summed E-state index contributed by atoms with van der Waals surface area (Å²) in [5.41, 5.74) is 4.79. The summed E-state index contributed by atoms with van der Waals surface area (Å²) < 4.78 is 38.1. The molecule has 0 aromatic heterocycles. The molecule has 3 nitrogen and oxygen atoms in total. The van der Waals surface area contributed by atoms with Gasteiger partial charge in [-0.25, -0.2) is 8.78 Å². The number of hydrogen-bond donors (Lipinski definition) is 0. The molecule has 0 amide bonds. The SMILES string of the molecule is CCC(F)(F)C1C=N[C@H](COc2ccc(-c3cccc(C)c3C)cc2)O1. The summed E-state index contributed by atoms with van der Waals surface area (Å²) in [6.45, 7) is 5.73. The Morgan fingerprint density at radius 2 is 1.85 bits per heavy atom. The Bertz CT molecular complexity index is 787. The van der Waals surface area contributed by atoms with Gasteiger partial charge < -0.3 is 9.47 Å². The van der Waals surface area contributed by atoms with Gasteiger partial charge in [-0.05, 0) is 48.2 Å². The molecule has 0 aliphatic carbocycles. The minimum Gasteiger partial charge on any atom is -0.489 e. The first-order chi connectivity index (χ1) is 12.4. The maximum absolute atomic E-state index is 13.6. The second-order valence-corrected chi connectivity index (χ2v) is 6.51. The number of halogens is 2. The first-order valence-corrected chi connectivity index (χ1v) is 8.76. The molecular weight excluding hydrogens is 336 g/mol. The van der Waals surface area contributed by atoms with Crippen molar-refractivity contribution in [2.24, 2.45) is 4.99 Å². The summed E-state index contributed by atoms with van der Waals surface area (Å²) in [5.74, 6) is -2.24. The zero-order valence-electron chi connectivity index (χ0n) is 15.2. The topological polar surface area (TPSA) is 30.8 Å². The largest absolute Gasteiger partial charge is 0.489 e. The molecule has 1 aliphatic rings. The van der Waals surface area contributed by atoms with Crippen LogP contribution in [0, 0.1) is 13.8 Å². The number of ether oxygens (including phenoxy) is 2. The Morgan fingerprint density at radius 3 is 2.54 bits per heavy atom. The second kappa shape index (κ2) is 7.54. The van der Waals surface area contributed by atoms with E-state index in [9.17, 15) is 8.78 Å². The van der Waals surface area contributed by atoms with E-state index in [1.807, 2.05) is 30.3 Å². The van der Waals surface area contributed by atoms with Crippen LogP contribution in [0.25, 0.3) is 11.1 Å². The van der Waals surface area contributed by atoms with Crippen molar-refractivity contribution in [1.82, 2.24) is 0 Å². The fourth-order valence-corrected chi connectivity index (χ4v) is 2.87. The molecule has 0 saturated heterocycles. The number of rotatable bonds is 6. The van der Waals surface area contributed by atoms with E-state index in [-0.39, 0.29) is 13.0 Å². The molecule has 5 heteroatoms. The van der Waals surface area contributed by atoms with Crippen molar-refractivity contribution in [1.29, 1.82) is 0 Å². The molecule has 1 aliphatic heterocycles. The summed E-state index contributed by atoms with van der Waals surface area (Å²) in [7, 11) is 0. The lowest BCUT2D eigenvalue weighted by Crippen LogP contribution is -2.36. The average molecular weight is 359 g/mol. The standard InChI is InChI=1S/C21H23F2NO2/c1-4-21(22,23)19-12-24-20(26-19)13-25-17-10-8-16(9-11-17)18-7-5-6-14(2)15(18)3/h5-12,19-20H,4,13H2,1-3H3/t19?,20-/m0/s1. The number of hydrogen-bond acceptors (Lipinski definition) is 3. The number of benzene rings is 2. The van der Waals surface area contributed by atoms with E-state index in [0.717, 1.165) is 5.56 Å². The minimum absolute atomic E-state index is 0.107. The van der Waals surface area contributed by atoms with Gasteiger partial charge >= 0.3 is 0 Å². The normalized spacial score (nSPS) is 19.7. The van der Waals surface area contributed by atoms with Crippen LogP contribution in [0.2, 0.25) is 0 Å². The number of nitrogens with zero attached hydrogens (tertiary/aromatic N) is 1. The molecule has 138 valence electrons. The average Bonchev–Trinajstić information content (AvgIpc) is 3.13. The molecule has 0 spiro atoms. The molecule has 3 rings (SSSR count). The van der Waals surface area contributed by atoms with Crippen molar-refractivity contribution in [3.63, 3.8) is 0 Å². The summed E-state index contributed by atoms with van der Waals surface area (Å²) >= 11 is 0. The highest BCUT2D eigenvalue weighted by atomic mass is 19.3. The fraction of sp³-hybridized carbons (Fsp3) is 0.381. The summed E-state index contributed by atoms with van der Waals surface area (Å²) in [6, 6.07) is 13.9. The van der Waals surface area contributed by atoms with Gasteiger partial charge in [-0.1, -0.05) is 37.3 Å². The first-order valence-electron chi connectivity index (χ1n) is 8.76. The predicted molar refractivity (Wildman–Crippen MR) is 99.2 cm³/mol. The molecule has 2 aromatic rings. The van der Waals surface area contributed by atoms with Crippen LogP contribution < -0.4 is 4.74 Å². The van der Waals surface area contributed by atoms with Crippen molar-refractivity contribution >= 4 is 6.21 Å². The molecule has 0 N–H and O–H groups in total. The lowest BCUT2D eigenvalue weighted by Gasteiger charge is -2.20. The van der Waals surface area contributed by atoms with Gasteiger partial charge in [0.1, 0.15) is 12.4 Å².